The lowest BCUT2D eigenvalue weighted by Gasteiger charge is -2.26. The Kier molecular flexibility index (Phi) is 6.57. The van der Waals surface area contributed by atoms with Crippen molar-refractivity contribution in [1.29, 1.82) is 0 Å². The number of nitrogens with zero attached hydrogens (tertiary/aromatic N) is 2. The maximum absolute atomic E-state index is 13.0. The zero-order valence-corrected chi connectivity index (χ0v) is 17.9. The van der Waals surface area contributed by atoms with Gasteiger partial charge in [0, 0.05) is 18.7 Å². The summed E-state index contributed by atoms with van der Waals surface area (Å²) in [5.74, 6) is -0.852. The molecule has 2 aromatic rings. The van der Waals surface area contributed by atoms with Crippen LogP contribution in [0.1, 0.15) is 29.7 Å². The molecule has 1 fully saturated rings. The first-order chi connectivity index (χ1) is 14.3. The Hall–Kier alpha value is -3.12. The number of aryl methyl sites for hydroxylation is 1. The van der Waals surface area contributed by atoms with Crippen LogP contribution in [0.3, 0.4) is 0 Å². The number of rotatable bonds is 7. The van der Waals surface area contributed by atoms with E-state index in [0.29, 0.717) is 31.0 Å². The number of Topliss-reactive ketones (excluding diaryl/α,β-unsaturated/α-hetero) is 1. The van der Waals surface area contributed by atoms with Crippen LogP contribution in [0, 0.1) is 6.92 Å². The van der Waals surface area contributed by atoms with Gasteiger partial charge in [-0.1, -0.05) is 42.0 Å². The van der Waals surface area contributed by atoms with Crippen LogP contribution in [0.25, 0.3) is 5.76 Å². The minimum absolute atomic E-state index is 0.109. The predicted octanol–water partition coefficient (Wildman–Crippen LogP) is 3.38. The lowest BCUT2D eigenvalue weighted by Crippen LogP contribution is -2.35. The summed E-state index contributed by atoms with van der Waals surface area (Å²) < 4.78 is 5.52. The zero-order chi connectivity index (χ0) is 21.8. The molecule has 0 bridgehead atoms. The highest BCUT2D eigenvalue weighted by molar-refractivity contribution is 6.46. The van der Waals surface area contributed by atoms with E-state index in [1.54, 1.807) is 29.2 Å². The number of hydrogen-bond acceptors (Lipinski definition) is 5. The highest BCUT2D eigenvalue weighted by atomic mass is 16.5. The Morgan fingerprint density at radius 2 is 1.87 bits per heavy atom. The molecular formula is C24H28N2O4. The van der Waals surface area contributed by atoms with Crippen molar-refractivity contribution in [2.24, 2.45) is 0 Å². The van der Waals surface area contributed by atoms with Gasteiger partial charge in [-0.25, -0.2) is 0 Å². The highest BCUT2D eigenvalue weighted by Gasteiger charge is 2.45. The second-order valence-corrected chi connectivity index (χ2v) is 7.67. The van der Waals surface area contributed by atoms with Crippen LogP contribution < -0.4 is 4.74 Å². The van der Waals surface area contributed by atoms with Gasteiger partial charge in [-0.15, -0.1) is 0 Å². The number of carbonyl (C=O) groups is 2. The quantitative estimate of drug-likeness (QED) is 0.432. The third-order valence-electron chi connectivity index (χ3n) is 5.10. The van der Waals surface area contributed by atoms with E-state index in [0.717, 1.165) is 11.1 Å². The monoisotopic (exact) mass is 408 g/mol. The molecule has 1 unspecified atom stereocenters. The molecule has 0 saturated carbocycles. The van der Waals surface area contributed by atoms with Crippen molar-refractivity contribution in [2.75, 3.05) is 33.8 Å². The molecule has 1 N–H and O–H groups in total. The van der Waals surface area contributed by atoms with E-state index < -0.39 is 17.7 Å². The number of amides is 1. The first-order valence-electron chi connectivity index (χ1n) is 10.1. The standard InChI is InChI=1S/C24H28N2O4/c1-5-30-19-11-7-10-18(15-19)22(27)20-21(17-9-6-8-16(2)14-17)26(13-12-25(3)4)24(29)23(20)28/h6-11,14-15,21,27H,5,12-13H2,1-4H3/b22-20-. The predicted molar refractivity (Wildman–Crippen MR) is 116 cm³/mol. The van der Waals surface area contributed by atoms with Gasteiger partial charge >= 0.3 is 0 Å². The number of likely N-dealkylation sites (tertiary alicyclic amines) is 1. The van der Waals surface area contributed by atoms with Gasteiger partial charge in [-0.3, -0.25) is 9.59 Å². The van der Waals surface area contributed by atoms with Gasteiger partial charge in [0.15, 0.2) is 0 Å². The fourth-order valence-electron chi connectivity index (χ4n) is 3.66. The van der Waals surface area contributed by atoms with Crippen LogP contribution in [0.2, 0.25) is 0 Å². The van der Waals surface area contributed by atoms with E-state index in [9.17, 15) is 14.7 Å². The summed E-state index contributed by atoms with van der Waals surface area (Å²) in [5.41, 5.74) is 2.38. The van der Waals surface area contributed by atoms with Crippen molar-refractivity contribution in [3.8, 4) is 5.75 Å². The van der Waals surface area contributed by atoms with Gasteiger partial charge < -0.3 is 19.6 Å². The summed E-state index contributed by atoms with van der Waals surface area (Å²) in [4.78, 5) is 29.4. The van der Waals surface area contributed by atoms with Crippen LogP contribution in [0.5, 0.6) is 5.75 Å². The van der Waals surface area contributed by atoms with Crippen molar-refractivity contribution in [1.82, 2.24) is 9.80 Å². The second-order valence-electron chi connectivity index (χ2n) is 7.67. The van der Waals surface area contributed by atoms with E-state index in [-0.39, 0.29) is 11.3 Å². The summed E-state index contributed by atoms with van der Waals surface area (Å²) >= 11 is 0. The molecule has 0 radical (unpaired) electrons. The fraction of sp³-hybridized carbons (Fsp3) is 0.333. The topological polar surface area (TPSA) is 70.1 Å². The largest absolute Gasteiger partial charge is 0.507 e. The number of benzene rings is 2. The third-order valence-corrected chi connectivity index (χ3v) is 5.10. The number of hydrogen-bond donors (Lipinski definition) is 1. The minimum Gasteiger partial charge on any atom is -0.507 e. The number of carbonyl (C=O) groups excluding carboxylic acids is 2. The lowest BCUT2D eigenvalue weighted by molar-refractivity contribution is -0.140. The summed E-state index contributed by atoms with van der Waals surface area (Å²) in [5, 5.41) is 11.1. The van der Waals surface area contributed by atoms with Gasteiger partial charge in [0.05, 0.1) is 18.2 Å². The average Bonchev–Trinajstić information content (AvgIpc) is 2.97. The maximum Gasteiger partial charge on any atom is 0.295 e. The minimum atomic E-state index is -0.667. The smallest absolute Gasteiger partial charge is 0.295 e. The maximum atomic E-state index is 13.0. The molecule has 6 nitrogen and oxygen atoms in total. The van der Waals surface area contributed by atoms with Gasteiger partial charge in [0.25, 0.3) is 11.7 Å². The lowest BCUT2D eigenvalue weighted by atomic mass is 9.94. The molecule has 6 heteroatoms. The summed E-state index contributed by atoms with van der Waals surface area (Å²) in [7, 11) is 3.83. The van der Waals surface area contributed by atoms with Crippen LogP contribution in [-0.2, 0) is 9.59 Å². The molecule has 1 aliphatic rings. The molecule has 0 aromatic heterocycles. The van der Waals surface area contributed by atoms with Crippen molar-refractivity contribution >= 4 is 17.4 Å². The summed E-state index contributed by atoms with van der Waals surface area (Å²) in [6.45, 7) is 5.31. The molecule has 1 amide bonds. The number of ether oxygens (including phenoxy) is 1. The molecule has 158 valence electrons. The number of aliphatic hydroxyl groups excluding tert-OH is 1. The molecule has 2 aromatic carbocycles. The summed E-state index contributed by atoms with van der Waals surface area (Å²) in [6.07, 6.45) is 0. The number of likely N-dealkylation sites (N-methyl/N-ethyl adjacent to an activating group) is 1. The van der Waals surface area contributed by atoms with E-state index in [4.69, 9.17) is 4.74 Å². The normalized spacial score (nSPS) is 18.3. The molecule has 0 aliphatic carbocycles. The fourth-order valence-corrected chi connectivity index (χ4v) is 3.66. The molecule has 1 heterocycles. The molecule has 1 saturated heterocycles. The van der Waals surface area contributed by atoms with Gasteiger partial charge in [-0.05, 0) is 45.6 Å². The Morgan fingerprint density at radius 3 is 2.53 bits per heavy atom. The van der Waals surface area contributed by atoms with Crippen molar-refractivity contribution in [3.63, 3.8) is 0 Å². The highest BCUT2D eigenvalue weighted by Crippen LogP contribution is 2.39. The Bertz CT molecular complexity index is 981. The molecule has 30 heavy (non-hydrogen) atoms. The Balaban J connectivity index is 2.14. The second kappa shape index (κ2) is 9.13. The van der Waals surface area contributed by atoms with Crippen LogP contribution in [0.15, 0.2) is 54.1 Å². The van der Waals surface area contributed by atoms with Crippen LogP contribution in [0.4, 0.5) is 0 Å². The van der Waals surface area contributed by atoms with Gasteiger partial charge in [-0.2, -0.15) is 0 Å². The van der Waals surface area contributed by atoms with Crippen molar-refractivity contribution in [3.05, 3.63) is 70.8 Å². The third kappa shape index (κ3) is 4.39. The first-order valence-corrected chi connectivity index (χ1v) is 10.1. The van der Waals surface area contributed by atoms with Crippen LogP contribution in [-0.4, -0.2) is 60.4 Å². The first kappa shape index (κ1) is 21.6. The van der Waals surface area contributed by atoms with E-state index >= 15 is 0 Å². The van der Waals surface area contributed by atoms with E-state index in [1.807, 2.05) is 57.1 Å². The SMILES string of the molecule is CCOc1cccc(/C(O)=C2/C(=O)C(=O)N(CCN(C)C)C2c2cccc(C)c2)c1. The van der Waals surface area contributed by atoms with Crippen molar-refractivity contribution < 1.29 is 19.4 Å². The molecule has 1 aliphatic heterocycles. The Labute approximate surface area is 177 Å². The molecule has 0 spiro atoms. The zero-order valence-electron chi connectivity index (χ0n) is 17.9. The molecule has 1 atom stereocenters. The van der Waals surface area contributed by atoms with E-state index in [2.05, 4.69) is 0 Å². The number of aliphatic hydroxyl groups is 1. The Morgan fingerprint density at radius 1 is 1.13 bits per heavy atom. The van der Waals surface area contributed by atoms with E-state index in [1.165, 1.54) is 0 Å². The van der Waals surface area contributed by atoms with Gasteiger partial charge in [0.1, 0.15) is 11.5 Å². The molecular weight excluding hydrogens is 380 g/mol. The van der Waals surface area contributed by atoms with Crippen LogP contribution >= 0.6 is 0 Å². The number of ketones is 1. The summed E-state index contributed by atoms with van der Waals surface area (Å²) in [6, 6.07) is 14.0. The van der Waals surface area contributed by atoms with Gasteiger partial charge in [0.2, 0.25) is 0 Å². The average molecular weight is 408 g/mol. The van der Waals surface area contributed by atoms with Crippen molar-refractivity contribution in [2.45, 2.75) is 19.9 Å². The molecule has 3 rings (SSSR count).